The summed E-state index contributed by atoms with van der Waals surface area (Å²) in [5, 5.41) is 2.94. The van der Waals surface area contributed by atoms with Crippen LogP contribution in [0.25, 0.3) is 0 Å². The maximum atomic E-state index is 13.3. The summed E-state index contributed by atoms with van der Waals surface area (Å²) in [4.78, 5) is 29.1. The van der Waals surface area contributed by atoms with Crippen molar-refractivity contribution in [3.8, 4) is 5.75 Å². The Morgan fingerprint density at radius 2 is 1.82 bits per heavy atom. The molecule has 178 valence electrons. The van der Waals surface area contributed by atoms with Crippen LogP contribution in [0.15, 0.2) is 40.8 Å². The Balaban J connectivity index is 1.36. The summed E-state index contributed by atoms with van der Waals surface area (Å²) >= 11 is 0. The zero-order valence-corrected chi connectivity index (χ0v) is 19.3. The maximum absolute atomic E-state index is 13.3. The van der Waals surface area contributed by atoms with Gasteiger partial charge in [0.15, 0.2) is 11.5 Å². The fourth-order valence-electron chi connectivity index (χ4n) is 4.55. The van der Waals surface area contributed by atoms with Crippen LogP contribution in [0.2, 0.25) is 0 Å². The van der Waals surface area contributed by atoms with E-state index in [1.54, 1.807) is 18.1 Å². The smallest absolute Gasteiger partial charge is 0.290 e. The zero-order chi connectivity index (χ0) is 23.0. The van der Waals surface area contributed by atoms with Crippen LogP contribution in [0, 0.1) is 0 Å². The molecule has 1 aliphatic carbocycles. The summed E-state index contributed by atoms with van der Waals surface area (Å²) in [6.45, 7) is 4.56. The van der Waals surface area contributed by atoms with Crippen molar-refractivity contribution in [1.29, 1.82) is 0 Å². The Kier molecular flexibility index (Phi) is 8.01. The summed E-state index contributed by atoms with van der Waals surface area (Å²) in [7, 11) is 1.62. The van der Waals surface area contributed by atoms with Gasteiger partial charge in [-0.1, -0.05) is 25.0 Å². The van der Waals surface area contributed by atoms with Crippen LogP contribution in [-0.4, -0.2) is 62.7 Å². The molecule has 33 heavy (non-hydrogen) atoms. The van der Waals surface area contributed by atoms with Gasteiger partial charge in [0, 0.05) is 12.6 Å². The average Bonchev–Trinajstić information content (AvgIpc) is 3.54. The van der Waals surface area contributed by atoms with Crippen molar-refractivity contribution < 1.29 is 28.4 Å². The van der Waals surface area contributed by atoms with Gasteiger partial charge >= 0.3 is 0 Å². The highest BCUT2D eigenvalue weighted by Gasteiger charge is 2.31. The standard InChI is InChI=1S/C25H33N3O5/c1-31-21-8-6-19(7-9-21)16-26-24(29)18-28(20-4-2-3-5-20)25(30)23-11-10-22(33-23)17-27-12-14-32-15-13-27/h6-11,20H,2-5,12-18H2,1H3,(H,26,29)/p+1. The molecule has 8 nitrogen and oxygen atoms in total. The van der Waals surface area contributed by atoms with Gasteiger partial charge in [-0.3, -0.25) is 9.59 Å². The SMILES string of the molecule is COc1ccc(CNC(=O)CN(C(=O)c2ccc(C[NH+]3CCOCC3)o2)C2CCCC2)cc1. The molecule has 0 radical (unpaired) electrons. The Bertz CT molecular complexity index is 914. The second-order valence-electron chi connectivity index (χ2n) is 8.80. The Morgan fingerprint density at radius 3 is 2.52 bits per heavy atom. The summed E-state index contributed by atoms with van der Waals surface area (Å²) in [5.74, 6) is 1.51. The second kappa shape index (κ2) is 11.3. The number of morpholine rings is 1. The molecule has 0 bridgehead atoms. The van der Waals surface area contributed by atoms with Crippen molar-refractivity contribution in [3.63, 3.8) is 0 Å². The largest absolute Gasteiger partial charge is 0.497 e. The number of amides is 2. The van der Waals surface area contributed by atoms with Gasteiger partial charge in [-0.25, -0.2) is 0 Å². The fraction of sp³-hybridized carbons (Fsp3) is 0.520. The number of quaternary nitrogens is 1. The third kappa shape index (κ3) is 6.36. The molecule has 8 heteroatoms. The lowest BCUT2D eigenvalue weighted by Crippen LogP contribution is -3.12. The molecule has 4 rings (SSSR count). The number of nitrogens with one attached hydrogen (secondary N) is 2. The first-order valence-corrected chi connectivity index (χ1v) is 11.8. The Hall–Kier alpha value is -2.84. The van der Waals surface area contributed by atoms with Crippen LogP contribution in [-0.2, 0) is 22.6 Å². The molecule has 0 atom stereocenters. The summed E-state index contributed by atoms with van der Waals surface area (Å²) in [6.07, 6.45) is 3.99. The molecule has 0 unspecified atom stereocenters. The van der Waals surface area contributed by atoms with E-state index in [0.29, 0.717) is 12.3 Å². The number of methoxy groups -OCH3 is 1. The van der Waals surface area contributed by atoms with E-state index >= 15 is 0 Å². The third-order valence-electron chi connectivity index (χ3n) is 6.49. The molecule has 1 aliphatic heterocycles. The predicted octanol–water partition coefficient (Wildman–Crippen LogP) is 1.40. The highest BCUT2D eigenvalue weighted by molar-refractivity contribution is 5.94. The number of hydrogen-bond donors (Lipinski definition) is 2. The number of benzene rings is 1. The van der Waals surface area contributed by atoms with E-state index in [2.05, 4.69) is 5.32 Å². The zero-order valence-electron chi connectivity index (χ0n) is 19.3. The van der Waals surface area contributed by atoms with Crippen molar-refractivity contribution in [3.05, 3.63) is 53.5 Å². The molecule has 2 amide bonds. The number of furan rings is 1. The van der Waals surface area contributed by atoms with Crippen molar-refractivity contribution >= 4 is 11.8 Å². The van der Waals surface area contributed by atoms with Crippen LogP contribution in [0.5, 0.6) is 5.75 Å². The minimum Gasteiger partial charge on any atom is -0.497 e. The van der Waals surface area contributed by atoms with Crippen molar-refractivity contribution in [2.45, 2.75) is 44.8 Å². The number of carbonyl (C=O) groups is 2. The number of carbonyl (C=O) groups excluding carboxylic acids is 2. The van der Waals surface area contributed by atoms with E-state index < -0.39 is 0 Å². The number of nitrogens with zero attached hydrogens (tertiary/aromatic N) is 1. The molecule has 2 aromatic rings. The normalized spacial score (nSPS) is 17.1. The van der Waals surface area contributed by atoms with Gasteiger partial charge in [-0.05, 0) is 42.7 Å². The van der Waals surface area contributed by atoms with Crippen molar-refractivity contribution in [2.75, 3.05) is 40.0 Å². The molecule has 2 fully saturated rings. The third-order valence-corrected chi connectivity index (χ3v) is 6.49. The van der Waals surface area contributed by atoms with Crippen LogP contribution in [0.4, 0.5) is 0 Å². The van der Waals surface area contributed by atoms with Crippen LogP contribution < -0.4 is 15.0 Å². The van der Waals surface area contributed by atoms with E-state index in [9.17, 15) is 9.59 Å². The highest BCUT2D eigenvalue weighted by atomic mass is 16.5. The van der Waals surface area contributed by atoms with Crippen LogP contribution in [0.1, 0.15) is 47.6 Å². The molecular formula is C25H34N3O5+. The number of hydrogen-bond acceptors (Lipinski definition) is 5. The lowest BCUT2D eigenvalue weighted by Gasteiger charge is -2.27. The highest BCUT2D eigenvalue weighted by Crippen LogP contribution is 2.25. The van der Waals surface area contributed by atoms with E-state index in [-0.39, 0.29) is 24.4 Å². The van der Waals surface area contributed by atoms with Gasteiger partial charge in [0.25, 0.3) is 5.91 Å². The van der Waals surface area contributed by atoms with Crippen molar-refractivity contribution in [1.82, 2.24) is 10.2 Å². The fourth-order valence-corrected chi connectivity index (χ4v) is 4.55. The van der Waals surface area contributed by atoms with Gasteiger partial charge in [0.2, 0.25) is 5.91 Å². The van der Waals surface area contributed by atoms with E-state index in [1.165, 1.54) is 4.90 Å². The Labute approximate surface area is 194 Å². The van der Waals surface area contributed by atoms with Gasteiger partial charge in [0.1, 0.15) is 31.9 Å². The average molecular weight is 457 g/mol. The topological polar surface area (TPSA) is 85.5 Å². The lowest BCUT2D eigenvalue weighted by atomic mass is 10.2. The van der Waals surface area contributed by atoms with Gasteiger partial charge < -0.3 is 29.0 Å². The van der Waals surface area contributed by atoms with E-state index in [0.717, 1.165) is 75.6 Å². The molecule has 1 aromatic heterocycles. The first-order valence-electron chi connectivity index (χ1n) is 11.8. The second-order valence-corrected chi connectivity index (χ2v) is 8.80. The molecule has 0 spiro atoms. The first kappa shape index (κ1) is 23.3. The molecular weight excluding hydrogens is 422 g/mol. The molecule has 1 aromatic carbocycles. The minimum atomic E-state index is -0.204. The first-order chi connectivity index (χ1) is 16.1. The van der Waals surface area contributed by atoms with Gasteiger partial charge in [0.05, 0.1) is 20.3 Å². The molecule has 2 aliphatic rings. The molecule has 1 saturated carbocycles. The van der Waals surface area contributed by atoms with Crippen LogP contribution >= 0.6 is 0 Å². The molecule has 2 heterocycles. The monoisotopic (exact) mass is 456 g/mol. The lowest BCUT2D eigenvalue weighted by molar-refractivity contribution is -0.922. The summed E-state index contributed by atoms with van der Waals surface area (Å²) < 4.78 is 16.5. The van der Waals surface area contributed by atoms with Gasteiger partial charge in [-0.2, -0.15) is 0 Å². The van der Waals surface area contributed by atoms with Crippen molar-refractivity contribution in [2.24, 2.45) is 0 Å². The van der Waals surface area contributed by atoms with Gasteiger partial charge in [-0.15, -0.1) is 0 Å². The minimum absolute atomic E-state index is 0.0321. The predicted molar refractivity (Wildman–Crippen MR) is 122 cm³/mol. The Morgan fingerprint density at radius 1 is 1.09 bits per heavy atom. The molecule has 2 N–H and O–H groups in total. The number of rotatable bonds is 9. The van der Waals surface area contributed by atoms with E-state index in [1.807, 2.05) is 30.3 Å². The summed E-state index contributed by atoms with van der Waals surface area (Å²) in [6, 6.07) is 11.3. The quantitative estimate of drug-likeness (QED) is 0.596. The number of ether oxygens (including phenoxy) is 2. The van der Waals surface area contributed by atoms with Crippen LogP contribution in [0.3, 0.4) is 0 Å². The maximum Gasteiger partial charge on any atom is 0.290 e. The van der Waals surface area contributed by atoms with E-state index in [4.69, 9.17) is 13.9 Å². The molecule has 1 saturated heterocycles. The summed E-state index contributed by atoms with van der Waals surface area (Å²) in [5.41, 5.74) is 0.976.